The van der Waals surface area contributed by atoms with E-state index in [-0.39, 0.29) is 11.9 Å². The molecule has 0 aliphatic heterocycles. The van der Waals surface area contributed by atoms with Crippen molar-refractivity contribution in [2.24, 2.45) is 0 Å². The van der Waals surface area contributed by atoms with Gasteiger partial charge in [-0.25, -0.2) is 19.9 Å². The fourth-order valence-electron chi connectivity index (χ4n) is 6.19. The van der Waals surface area contributed by atoms with E-state index in [9.17, 15) is 9.59 Å². The van der Waals surface area contributed by atoms with Crippen LogP contribution >= 0.6 is 0 Å². The van der Waals surface area contributed by atoms with E-state index in [2.05, 4.69) is 32.4 Å². The zero-order valence-corrected chi connectivity index (χ0v) is 23.9. The van der Waals surface area contributed by atoms with Crippen molar-refractivity contribution in [3.8, 4) is 28.3 Å². The third kappa shape index (κ3) is 4.51. The van der Waals surface area contributed by atoms with Crippen molar-refractivity contribution >= 4 is 40.2 Å². The molecule has 0 bridgehead atoms. The lowest BCUT2D eigenvalue weighted by Crippen LogP contribution is -2.27. The molecule has 1 atom stereocenters. The van der Waals surface area contributed by atoms with Crippen molar-refractivity contribution in [1.29, 1.82) is 0 Å². The minimum Gasteiger partial charge on any atom is -0.383 e. The van der Waals surface area contributed by atoms with Gasteiger partial charge in [-0.2, -0.15) is 0 Å². The van der Waals surface area contributed by atoms with Gasteiger partial charge in [0.25, 0.3) is 5.91 Å². The van der Waals surface area contributed by atoms with Gasteiger partial charge in [-0.15, -0.1) is 0 Å². The summed E-state index contributed by atoms with van der Waals surface area (Å²) in [7, 11) is 0. The minimum absolute atomic E-state index is 0.172. The second-order valence-corrected chi connectivity index (χ2v) is 11.0. The summed E-state index contributed by atoms with van der Waals surface area (Å²) >= 11 is 0. The molecule has 4 aromatic heterocycles. The lowest BCUT2D eigenvalue weighted by Gasteiger charge is -2.16. The Morgan fingerprint density at radius 3 is 2.71 bits per heavy atom. The maximum absolute atomic E-state index is 13.3. The zero-order valence-electron chi connectivity index (χ0n) is 23.9. The van der Waals surface area contributed by atoms with Crippen LogP contribution in [0.15, 0.2) is 97.5 Å². The van der Waals surface area contributed by atoms with Crippen molar-refractivity contribution < 1.29 is 9.59 Å². The van der Waals surface area contributed by atoms with Crippen molar-refractivity contribution in [2.45, 2.75) is 18.9 Å². The highest BCUT2D eigenvalue weighted by Crippen LogP contribution is 2.36. The zero-order chi connectivity index (χ0) is 30.5. The molecule has 0 radical (unpaired) electrons. The van der Waals surface area contributed by atoms with Gasteiger partial charge in [0.2, 0.25) is 0 Å². The number of imidazole rings is 2. The first-order chi connectivity index (χ1) is 22.1. The Balaban J connectivity index is 1.18. The summed E-state index contributed by atoms with van der Waals surface area (Å²) in [4.78, 5) is 46.5. The van der Waals surface area contributed by atoms with Crippen LogP contribution in [0.25, 0.3) is 50.5 Å². The molecule has 3 aromatic carbocycles. The number of amides is 1. The van der Waals surface area contributed by atoms with Crippen LogP contribution in [0.1, 0.15) is 44.3 Å². The summed E-state index contributed by atoms with van der Waals surface area (Å²) in [6.45, 7) is 0. The van der Waals surface area contributed by atoms with Crippen LogP contribution in [0, 0.1) is 0 Å². The molecule has 1 aliphatic rings. The molecule has 4 heterocycles. The second kappa shape index (κ2) is 10.5. The van der Waals surface area contributed by atoms with E-state index in [1.54, 1.807) is 18.3 Å². The Morgan fingerprint density at radius 1 is 0.978 bits per heavy atom. The first kappa shape index (κ1) is 26.5. The van der Waals surface area contributed by atoms with E-state index >= 15 is 0 Å². The predicted octanol–water partition coefficient (Wildman–Crippen LogP) is 5.84. The number of anilines is 1. The average Bonchev–Trinajstić information content (AvgIpc) is 3.81. The van der Waals surface area contributed by atoms with Gasteiger partial charge in [0.05, 0.1) is 34.7 Å². The predicted molar refractivity (Wildman–Crippen MR) is 172 cm³/mol. The summed E-state index contributed by atoms with van der Waals surface area (Å²) in [5, 5.41) is 3.17. The van der Waals surface area contributed by atoms with E-state index in [0.29, 0.717) is 45.0 Å². The molecule has 0 spiro atoms. The van der Waals surface area contributed by atoms with E-state index < -0.39 is 0 Å². The quantitative estimate of drug-likeness (QED) is 0.206. The fourth-order valence-corrected chi connectivity index (χ4v) is 6.19. The Labute approximate surface area is 257 Å². The van der Waals surface area contributed by atoms with Gasteiger partial charge in [-0.3, -0.25) is 14.2 Å². The Morgan fingerprint density at radius 2 is 1.87 bits per heavy atom. The molecule has 7 aromatic rings. The van der Waals surface area contributed by atoms with Crippen molar-refractivity contribution in [1.82, 2.24) is 34.8 Å². The number of fused-ring (bicyclic) bond motifs is 3. The third-order valence-electron chi connectivity index (χ3n) is 8.36. The number of pyridine rings is 2. The van der Waals surface area contributed by atoms with E-state index in [1.807, 2.05) is 65.2 Å². The van der Waals surface area contributed by atoms with Crippen LogP contribution in [-0.2, 0) is 6.42 Å². The van der Waals surface area contributed by atoms with Gasteiger partial charge in [-0.1, -0.05) is 36.4 Å². The number of aldehydes is 1. The molecule has 45 heavy (non-hydrogen) atoms. The third-order valence-corrected chi connectivity index (χ3v) is 8.36. The molecular formula is C35H26N8O2. The number of aryl methyl sites for hydroxylation is 1. The largest absolute Gasteiger partial charge is 0.383 e. The van der Waals surface area contributed by atoms with Crippen molar-refractivity contribution in [3.05, 3.63) is 120 Å². The number of aromatic nitrogens is 6. The van der Waals surface area contributed by atoms with Crippen LogP contribution in [0.4, 0.5) is 5.82 Å². The second-order valence-electron chi connectivity index (χ2n) is 11.0. The highest BCUT2D eigenvalue weighted by molar-refractivity contribution is 6.03. The lowest BCUT2D eigenvalue weighted by molar-refractivity contribution is 0.0937. The number of aromatic amines is 1. The topological polar surface area (TPSA) is 144 Å². The van der Waals surface area contributed by atoms with Gasteiger partial charge in [-0.05, 0) is 72.5 Å². The molecule has 8 rings (SSSR count). The monoisotopic (exact) mass is 590 g/mol. The van der Waals surface area contributed by atoms with Gasteiger partial charge < -0.3 is 16.0 Å². The summed E-state index contributed by atoms with van der Waals surface area (Å²) in [6, 6.07) is 27.1. The van der Waals surface area contributed by atoms with Crippen LogP contribution in [0.5, 0.6) is 0 Å². The number of rotatable bonds is 6. The van der Waals surface area contributed by atoms with Gasteiger partial charge >= 0.3 is 0 Å². The van der Waals surface area contributed by atoms with E-state index in [0.717, 1.165) is 52.7 Å². The summed E-state index contributed by atoms with van der Waals surface area (Å²) in [5.41, 5.74) is 15.4. The SMILES string of the molecule is Nc1ncccc1-c1nc2ccc(-c3ccccc3)nc2n1-c1ccc2c(c1)CCC2NC(=O)c1cc(C=O)c2nc[nH]c2c1. The molecule has 1 amide bonds. The molecule has 0 fully saturated rings. The smallest absolute Gasteiger partial charge is 0.251 e. The van der Waals surface area contributed by atoms with Crippen LogP contribution in [0.2, 0.25) is 0 Å². The fraction of sp³-hybridized carbons (Fsp3) is 0.0857. The standard InChI is InChI=1S/C35H26N8O2/c36-32-26(7-4-14-37-32)33-41-29-13-12-27(20-5-2-1-3-6-20)40-34(29)43(33)24-9-10-25-21(16-24)8-11-28(25)42-35(45)22-15-23(18-44)31-30(17-22)38-19-39-31/h1-7,9-10,12-19,28H,8,11H2,(H2,36,37)(H,38,39)(H,42,45). The molecule has 10 nitrogen and oxygen atoms in total. The summed E-state index contributed by atoms with van der Waals surface area (Å²) < 4.78 is 2.03. The molecule has 1 aliphatic carbocycles. The molecule has 218 valence electrons. The number of hydrogen-bond acceptors (Lipinski definition) is 7. The van der Waals surface area contributed by atoms with Crippen molar-refractivity contribution in [2.75, 3.05) is 5.73 Å². The number of nitrogens with two attached hydrogens (primary N) is 1. The maximum atomic E-state index is 13.3. The number of carbonyl (C=O) groups is 2. The number of nitrogen functional groups attached to an aromatic ring is 1. The van der Waals surface area contributed by atoms with Crippen molar-refractivity contribution in [3.63, 3.8) is 0 Å². The van der Waals surface area contributed by atoms with Gasteiger partial charge in [0, 0.05) is 28.6 Å². The normalized spacial score (nSPS) is 14.1. The number of carbonyl (C=O) groups excluding carboxylic acids is 2. The number of hydrogen-bond donors (Lipinski definition) is 3. The molecule has 10 heteroatoms. The summed E-state index contributed by atoms with van der Waals surface area (Å²) in [5.74, 6) is 0.785. The van der Waals surface area contributed by atoms with E-state index in [4.69, 9.17) is 15.7 Å². The molecule has 0 saturated carbocycles. The molecule has 0 saturated heterocycles. The lowest BCUT2D eigenvalue weighted by atomic mass is 10.1. The molecular weight excluding hydrogens is 564 g/mol. The Hall–Kier alpha value is -6.16. The van der Waals surface area contributed by atoms with E-state index in [1.165, 1.54) is 6.33 Å². The van der Waals surface area contributed by atoms with Crippen LogP contribution < -0.4 is 11.1 Å². The highest BCUT2D eigenvalue weighted by atomic mass is 16.1. The van der Waals surface area contributed by atoms with Gasteiger partial charge in [0.1, 0.15) is 11.3 Å². The first-order valence-electron chi connectivity index (χ1n) is 14.6. The highest BCUT2D eigenvalue weighted by Gasteiger charge is 2.27. The molecule has 4 N–H and O–H groups in total. The average molecular weight is 591 g/mol. The number of nitrogens with zero attached hydrogens (tertiary/aromatic N) is 5. The van der Waals surface area contributed by atoms with Crippen LogP contribution in [0.3, 0.4) is 0 Å². The number of nitrogens with one attached hydrogen (secondary N) is 2. The minimum atomic E-state index is -0.246. The Kier molecular flexibility index (Phi) is 6.19. The van der Waals surface area contributed by atoms with Crippen LogP contribution in [-0.4, -0.2) is 41.7 Å². The van der Waals surface area contributed by atoms with Gasteiger partial charge in [0.15, 0.2) is 17.8 Å². The molecule has 1 unspecified atom stereocenters. The number of benzene rings is 3. The summed E-state index contributed by atoms with van der Waals surface area (Å²) in [6.07, 6.45) is 5.43. The first-order valence-corrected chi connectivity index (χ1v) is 14.6. The maximum Gasteiger partial charge on any atom is 0.251 e. The number of H-pyrrole nitrogens is 1. The Bertz CT molecular complexity index is 2270.